The van der Waals surface area contributed by atoms with Crippen LogP contribution in [0.2, 0.25) is 0 Å². The highest BCUT2D eigenvalue weighted by molar-refractivity contribution is 5.86. The maximum atomic E-state index is 6.11. The number of piperidine rings is 1. The molecule has 0 bridgehead atoms. The Hall–Kier alpha value is -1.38. The summed E-state index contributed by atoms with van der Waals surface area (Å²) in [4.78, 5) is 2.52. The third-order valence-electron chi connectivity index (χ3n) is 4.31. The summed E-state index contributed by atoms with van der Waals surface area (Å²) in [5.74, 6) is 0. The second kappa shape index (κ2) is 5.32. The van der Waals surface area contributed by atoms with Crippen LogP contribution in [0.1, 0.15) is 31.4 Å². The van der Waals surface area contributed by atoms with Crippen LogP contribution in [0, 0.1) is 0 Å². The molecule has 2 nitrogen and oxygen atoms in total. The van der Waals surface area contributed by atoms with Crippen LogP contribution in [0.5, 0.6) is 0 Å². The molecule has 0 aromatic heterocycles. The highest BCUT2D eigenvalue weighted by Crippen LogP contribution is 2.29. The molecule has 1 fully saturated rings. The fourth-order valence-corrected chi connectivity index (χ4v) is 3.20. The van der Waals surface area contributed by atoms with Crippen molar-refractivity contribution >= 4 is 10.8 Å². The third kappa shape index (κ3) is 2.51. The minimum atomic E-state index is 0.339. The summed E-state index contributed by atoms with van der Waals surface area (Å²) in [6.07, 6.45) is 2.38. The highest BCUT2D eigenvalue weighted by atomic mass is 15.2. The molecule has 1 aliphatic rings. The maximum Gasteiger partial charge on any atom is 0.0326 e. The second-order valence-electron chi connectivity index (χ2n) is 5.64. The lowest BCUT2D eigenvalue weighted by Gasteiger charge is -2.36. The van der Waals surface area contributed by atoms with Crippen LogP contribution >= 0.6 is 0 Å². The number of fused-ring (bicyclic) bond motifs is 1. The number of rotatable bonds is 2. The van der Waals surface area contributed by atoms with Gasteiger partial charge in [-0.15, -0.1) is 0 Å². The molecule has 100 valence electrons. The molecule has 2 unspecified atom stereocenters. The zero-order chi connectivity index (χ0) is 13.2. The predicted molar refractivity (Wildman–Crippen MR) is 81.1 cm³/mol. The van der Waals surface area contributed by atoms with Gasteiger partial charge in [-0.25, -0.2) is 0 Å². The normalized spacial score (nSPS) is 22.5. The van der Waals surface area contributed by atoms with Crippen LogP contribution in [-0.4, -0.2) is 24.0 Å². The zero-order valence-corrected chi connectivity index (χ0v) is 11.5. The number of nitrogens with two attached hydrogens (primary N) is 1. The van der Waals surface area contributed by atoms with Gasteiger partial charge in [0.1, 0.15) is 0 Å². The van der Waals surface area contributed by atoms with E-state index in [0.29, 0.717) is 12.1 Å². The molecule has 2 atom stereocenters. The molecule has 2 aromatic rings. The van der Waals surface area contributed by atoms with Gasteiger partial charge in [-0.05, 0) is 42.6 Å². The second-order valence-corrected chi connectivity index (χ2v) is 5.64. The lowest BCUT2D eigenvalue weighted by Crippen LogP contribution is -2.43. The minimum Gasteiger partial charge on any atom is -0.327 e. The Kier molecular flexibility index (Phi) is 3.54. The van der Waals surface area contributed by atoms with Gasteiger partial charge in [0.05, 0.1) is 0 Å². The first kappa shape index (κ1) is 12.6. The van der Waals surface area contributed by atoms with Gasteiger partial charge in [0, 0.05) is 18.6 Å². The van der Waals surface area contributed by atoms with E-state index in [1.54, 1.807) is 0 Å². The van der Waals surface area contributed by atoms with Crippen molar-refractivity contribution in [1.82, 2.24) is 4.90 Å². The first-order valence-corrected chi connectivity index (χ1v) is 7.23. The van der Waals surface area contributed by atoms with E-state index in [1.807, 2.05) is 0 Å². The Morgan fingerprint density at radius 1 is 1.16 bits per heavy atom. The molecule has 0 aliphatic carbocycles. The summed E-state index contributed by atoms with van der Waals surface area (Å²) >= 11 is 0. The van der Waals surface area contributed by atoms with E-state index in [-0.39, 0.29) is 0 Å². The first-order chi connectivity index (χ1) is 9.25. The molecule has 1 aliphatic heterocycles. The molecule has 2 aromatic carbocycles. The van der Waals surface area contributed by atoms with Crippen molar-refractivity contribution in [2.75, 3.05) is 13.1 Å². The van der Waals surface area contributed by atoms with E-state index in [9.17, 15) is 0 Å². The van der Waals surface area contributed by atoms with Gasteiger partial charge >= 0.3 is 0 Å². The Bertz CT molecular complexity index is 559. The summed E-state index contributed by atoms with van der Waals surface area (Å²) in [6, 6.07) is 16.0. The molecular formula is C17H22N2. The Labute approximate surface area is 115 Å². The molecular weight excluding hydrogens is 232 g/mol. The Morgan fingerprint density at radius 2 is 1.95 bits per heavy atom. The molecule has 19 heavy (non-hydrogen) atoms. The first-order valence-electron chi connectivity index (χ1n) is 7.23. The number of benzene rings is 2. The van der Waals surface area contributed by atoms with Crippen LogP contribution in [0.3, 0.4) is 0 Å². The quantitative estimate of drug-likeness (QED) is 0.890. The van der Waals surface area contributed by atoms with Crippen LogP contribution in [-0.2, 0) is 0 Å². The molecule has 2 heteroatoms. The summed E-state index contributed by atoms with van der Waals surface area (Å²) in [7, 11) is 0. The topological polar surface area (TPSA) is 29.3 Å². The maximum absolute atomic E-state index is 6.11. The van der Waals surface area contributed by atoms with Gasteiger partial charge < -0.3 is 5.73 Å². The Balaban J connectivity index is 1.95. The summed E-state index contributed by atoms with van der Waals surface area (Å²) in [5, 5.41) is 2.70. The molecule has 0 amide bonds. The van der Waals surface area contributed by atoms with Crippen LogP contribution in [0.15, 0.2) is 42.5 Å². The number of hydrogen-bond donors (Lipinski definition) is 1. The fraction of sp³-hybridized carbons (Fsp3) is 0.412. The van der Waals surface area contributed by atoms with E-state index in [4.69, 9.17) is 5.73 Å². The highest BCUT2D eigenvalue weighted by Gasteiger charge is 2.23. The van der Waals surface area contributed by atoms with Crippen molar-refractivity contribution < 1.29 is 0 Å². The average Bonchev–Trinajstić information content (AvgIpc) is 2.46. The predicted octanol–water partition coefficient (Wildman–Crippen LogP) is 3.32. The van der Waals surface area contributed by atoms with Gasteiger partial charge in [-0.2, -0.15) is 0 Å². The lowest BCUT2D eigenvalue weighted by atomic mass is 9.96. The molecule has 3 rings (SSSR count). The summed E-state index contributed by atoms with van der Waals surface area (Å²) in [6.45, 7) is 4.49. The van der Waals surface area contributed by atoms with Gasteiger partial charge in [-0.1, -0.05) is 42.5 Å². The van der Waals surface area contributed by atoms with E-state index in [2.05, 4.69) is 54.3 Å². The largest absolute Gasteiger partial charge is 0.327 e. The van der Waals surface area contributed by atoms with Crippen molar-refractivity contribution in [3.63, 3.8) is 0 Å². The summed E-state index contributed by atoms with van der Waals surface area (Å²) in [5.41, 5.74) is 7.54. The van der Waals surface area contributed by atoms with Crippen molar-refractivity contribution in [2.45, 2.75) is 31.8 Å². The average molecular weight is 254 g/mol. The van der Waals surface area contributed by atoms with Crippen LogP contribution in [0.4, 0.5) is 0 Å². The summed E-state index contributed by atoms with van der Waals surface area (Å²) < 4.78 is 0. The van der Waals surface area contributed by atoms with Crippen molar-refractivity contribution in [1.29, 1.82) is 0 Å². The van der Waals surface area contributed by atoms with E-state index in [1.165, 1.54) is 29.2 Å². The van der Waals surface area contributed by atoms with Gasteiger partial charge in [-0.3, -0.25) is 4.90 Å². The third-order valence-corrected chi connectivity index (χ3v) is 4.31. The molecule has 0 spiro atoms. The van der Waals surface area contributed by atoms with Crippen LogP contribution in [0.25, 0.3) is 10.8 Å². The lowest BCUT2D eigenvalue weighted by molar-refractivity contribution is 0.160. The Morgan fingerprint density at radius 3 is 2.79 bits per heavy atom. The minimum absolute atomic E-state index is 0.339. The van der Waals surface area contributed by atoms with E-state index < -0.39 is 0 Å². The number of likely N-dealkylation sites (tertiary alicyclic amines) is 1. The number of hydrogen-bond acceptors (Lipinski definition) is 2. The molecule has 0 saturated carbocycles. The van der Waals surface area contributed by atoms with Gasteiger partial charge in [0.15, 0.2) is 0 Å². The molecule has 0 radical (unpaired) electrons. The number of nitrogens with zero attached hydrogens (tertiary/aromatic N) is 1. The molecule has 1 heterocycles. The van der Waals surface area contributed by atoms with Gasteiger partial charge in [0.25, 0.3) is 0 Å². The van der Waals surface area contributed by atoms with E-state index >= 15 is 0 Å². The van der Waals surface area contributed by atoms with Crippen molar-refractivity contribution in [3.05, 3.63) is 48.0 Å². The fourth-order valence-electron chi connectivity index (χ4n) is 3.20. The zero-order valence-electron chi connectivity index (χ0n) is 11.5. The standard InChI is InChI=1S/C17H22N2/c1-13(19-11-5-8-15(18)12-19)16-10-4-7-14-6-2-3-9-17(14)16/h2-4,6-7,9-10,13,15H,5,8,11-12,18H2,1H3. The molecule has 1 saturated heterocycles. The molecule has 2 N–H and O–H groups in total. The van der Waals surface area contributed by atoms with Crippen LogP contribution < -0.4 is 5.73 Å². The van der Waals surface area contributed by atoms with Gasteiger partial charge in [0.2, 0.25) is 0 Å². The van der Waals surface area contributed by atoms with E-state index in [0.717, 1.165) is 13.1 Å². The SMILES string of the molecule is CC(c1cccc2ccccc12)N1CCCC(N)C1. The van der Waals surface area contributed by atoms with Crippen molar-refractivity contribution in [3.8, 4) is 0 Å². The van der Waals surface area contributed by atoms with Crippen molar-refractivity contribution in [2.24, 2.45) is 5.73 Å². The monoisotopic (exact) mass is 254 g/mol. The smallest absolute Gasteiger partial charge is 0.0326 e.